The molecule has 0 unspecified atom stereocenters. The first kappa shape index (κ1) is 22.2. The third kappa shape index (κ3) is 6.14. The number of thioether (sulfide) groups is 1. The van der Waals surface area contributed by atoms with Crippen LogP contribution in [0.4, 0.5) is 8.78 Å². The Morgan fingerprint density at radius 1 is 0.923 bits per heavy atom. The fraction of sp³-hybridized carbons (Fsp3) is 0.304. The van der Waals surface area contributed by atoms with Gasteiger partial charge in [-0.3, -0.25) is 0 Å². The molecule has 0 N–H and O–H groups in total. The highest BCUT2D eigenvalue weighted by molar-refractivity contribution is 8.00. The van der Waals surface area contributed by atoms with Crippen LogP contribution in [0.25, 0.3) is 0 Å². The lowest BCUT2D eigenvalue weighted by molar-refractivity contribution is 0.622. The quantitative estimate of drug-likeness (QED) is 0.452. The summed E-state index contributed by atoms with van der Waals surface area (Å²) in [5.41, 5.74) is 2.00. The number of halogens is 2. The van der Waals surface area contributed by atoms with Crippen molar-refractivity contribution in [1.82, 2.24) is 0 Å². The van der Waals surface area contributed by atoms with Crippen LogP contribution in [0.2, 0.25) is 0 Å². The molecule has 0 aliphatic heterocycles. The Bertz CT molecular complexity index is 627. The largest absolute Gasteiger partial charge is 0.207 e. The maximum absolute atomic E-state index is 13.2. The van der Waals surface area contributed by atoms with E-state index in [-0.39, 0.29) is 16.4 Å². The fourth-order valence-electron chi connectivity index (χ4n) is 2.75. The molecular formula is C23H28F2S. The molecule has 0 amide bonds. The van der Waals surface area contributed by atoms with Gasteiger partial charge in [-0.2, -0.15) is 0 Å². The van der Waals surface area contributed by atoms with Crippen molar-refractivity contribution in [2.75, 3.05) is 5.75 Å². The van der Waals surface area contributed by atoms with Gasteiger partial charge >= 0.3 is 0 Å². The van der Waals surface area contributed by atoms with Crippen LogP contribution >= 0.6 is 11.8 Å². The van der Waals surface area contributed by atoms with Gasteiger partial charge in [0, 0.05) is 0 Å². The summed E-state index contributed by atoms with van der Waals surface area (Å²) >= 11 is 1.75. The van der Waals surface area contributed by atoms with Crippen molar-refractivity contribution in [2.45, 2.75) is 38.4 Å². The van der Waals surface area contributed by atoms with Gasteiger partial charge in [0.15, 0.2) is 0 Å². The smallest absolute Gasteiger partial charge is 0.123 e. The van der Waals surface area contributed by atoms with E-state index in [9.17, 15) is 8.78 Å². The molecule has 2 aromatic carbocycles. The van der Waals surface area contributed by atoms with E-state index in [1.165, 1.54) is 24.3 Å². The Morgan fingerprint density at radius 3 is 1.65 bits per heavy atom. The molecule has 0 aliphatic rings. The topological polar surface area (TPSA) is 0 Å². The van der Waals surface area contributed by atoms with Crippen LogP contribution in [0, 0.1) is 11.6 Å². The molecule has 3 heteroatoms. The van der Waals surface area contributed by atoms with Crippen LogP contribution in [-0.2, 0) is 4.75 Å². The van der Waals surface area contributed by atoms with Crippen molar-refractivity contribution in [1.29, 1.82) is 0 Å². The van der Waals surface area contributed by atoms with Crippen molar-refractivity contribution in [3.05, 3.63) is 96.1 Å². The van der Waals surface area contributed by atoms with Gasteiger partial charge in [0.1, 0.15) is 11.6 Å². The molecule has 0 nitrogen and oxygen atoms in total. The van der Waals surface area contributed by atoms with E-state index in [4.69, 9.17) is 0 Å². The first-order chi connectivity index (χ1) is 12.5. The van der Waals surface area contributed by atoms with E-state index in [1.54, 1.807) is 36.0 Å². The molecule has 0 spiro atoms. The molecule has 0 fully saturated rings. The first-order valence-electron chi connectivity index (χ1n) is 8.92. The van der Waals surface area contributed by atoms with Crippen LogP contribution in [0.5, 0.6) is 0 Å². The molecule has 0 bridgehead atoms. The molecule has 0 saturated carbocycles. The molecule has 0 aromatic heterocycles. The van der Waals surface area contributed by atoms with Gasteiger partial charge in [0.25, 0.3) is 0 Å². The van der Waals surface area contributed by atoms with Gasteiger partial charge in [-0.05, 0) is 60.9 Å². The summed E-state index contributed by atoms with van der Waals surface area (Å²) in [4.78, 5) is 0. The highest BCUT2D eigenvalue weighted by Gasteiger charge is 2.33. The summed E-state index contributed by atoms with van der Waals surface area (Å²) in [7, 11) is 0. The number of hydrogen-bond acceptors (Lipinski definition) is 1. The standard InChI is InChI=1S/C18H18F2S.C5H10/c1-3-13-18(21-4-2,14-5-9-16(19)10-6-14)15-7-11-17(20)12-8-15;1-3-5-4-2/h3,5-12H,1,4,13H2,2H3;3,5H,4H2,1-2H3/b;5-3-. The van der Waals surface area contributed by atoms with Gasteiger partial charge < -0.3 is 0 Å². The van der Waals surface area contributed by atoms with Crippen LogP contribution in [0.15, 0.2) is 73.3 Å². The number of benzene rings is 2. The second kappa shape index (κ2) is 11.7. The van der Waals surface area contributed by atoms with E-state index in [0.717, 1.165) is 23.3 Å². The lowest BCUT2D eigenvalue weighted by Gasteiger charge is -2.33. The number of rotatable bonds is 7. The van der Waals surface area contributed by atoms with Crippen molar-refractivity contribution < 1.29 is 8.78 Å². The van der Waals surface area contributed by atoms with E-state index >= 15 is 0 Å². The van der Waals surface area contributed by atoms with Crippen molar-refractivity contribution >= 4 is 11.8 Å². The van der Waals surface area contributed by atoms with Crippen molar-refractivity contribution in [2.24, 2.45) is 0 Å². The highest BCUT2D eigenvalue weighted by atomic mass is 32.2. The zero-order valence-corrected chi connectivity index (χ0v) is 16.7. The zero-order chi connectivity index (χ0) is 19.4. The van der Waals surface area contributed by atoms with Crippen LogP contribution in [0.1, 0.15) is 44.7 Å². The molecule has 0 atom stereocenters. The molecule has 140 valence electrons. The van der Waals surface area contributed by atoms with Gasteiger partial charge in [0.2, 0.25) is 0 Å². The van der Waals surface area contributed by atoms with Crippen molar-refractivity contribution in [3.8, 4) is 0 Å². The molecule has 0 radical (unpaired) electrons. The third-order valence-electron chi connectivity index (χ3n) is 3.92. The van der Waals surface area contributed by atoms with Gasteiger partial charge in [0.05, 0.1) is 4.75 Å². The highest BCUT2D eigenvalue weighted by Crippen LogP contribution is 2.46. The van der Waals surface area contributed by atoms with E-state index in [1.807, 2.05) is 13.0 Å². The monoisotopic (exact) mass is 374 g/mol. The summed E-state index contributed by atoms with van der Waals surface area (Å²) in [6.07, 6.45) is 7.90. The maximum Gasteiger partial charge on any atom is 0.123 e. The molecule has 0 aliphatic carbocycles. The number of allylic oxidation sites excluding steroid dienone is 3. The van der Waals surface area contributed by atoms with Gasteiger partial charge in [-0.25, -0.2) is 8.78 Å². The summed E-state index contributed by atoms with van der Waals surface area (Å²) in [5, 5.41) is 0. The minimum Gasteiger partial charge on any atom is -0.207 e. The van der Waals surface area contributed by atoms with Gasteiger partial charge in [-0.1, -0.05) is 56.3 Å². The molecule has 26 heavy (non-hydrogen) atoms. The van der Waals surface area contributed by atoms with E-state index in [0.29, 0.717) is 6.42 Å². The van der Waals surface area contributed by atoms with E-state index < -0.39 is 0 Å². The lowest BCUT2D eigenvalue weighted by Crippen LogP contribution is -2.23. The van der Waals surface area contributed by atoms with Crippen LogP contribution < -0.4 is 0 Å². The van der Waals surface area contributed by atoms with Crippen molar-refractivity contribution in [3.63, 3.8) is 0 Å². The fourth-order valence-corrected chi connectivity index (χ4v) is 4.09. The maximum atomic E-state index is 13.2. The Balaban J connectivity index is 0.000000597. The van der Waals surface area contributed by atoms with E-state index in [2.05, 4.69) is 32.6 Å². The number of hydrogen-bond donors (Lipinski definition) is 0. The minimum atomic E-state index is -0.363. The molecule has 0 heterocycles. The molecule has 2 rings (SSSR count). The normalized spacial score (nSPS) is 11.1. The Kier molecular flexibility index (Phi) is 9.97. The zero-order valence-electron chi connectivity index (χ0n) is 15.8. The Morgan fingerprint density at radius 2 is 1.38 bits per heavy atom. The summed E-state index contributed by atoms with van der Waals surface area (Å²) in [5.74, 6) is 0.376. The molecule has 2 aromatic rings. The first-order valence-corrected chi connectivity index (χ1v) is 9.90. The second-order valence-corrected chi connectivity index (χ2v) is 7.31. The van der Waals surface area contributed by atoms with Crippen LogP contribution in [0.3, 0.4) is 0 Å². The summed E-state index contributed by atoms with van der Waals surface area (Å²) in [6, 6.07) is 13.0. The predicted molar refractivity (Wildman–Crippen MR) is 112 cm³/mol. The lowest BCUT2D eigenvalue weighted by atomic mass is 9.87. The second-order valence-electron chi connectivity index (χ2n) is 5.74. The Hall–Kier alpha value is -1.87. The third-order valence-corrected chi connectivity index (χ3v) is 5.33. The summed E-state index contributed by atoms with van der Waals surface area (Å²) < 4.78 is 26.1. The predicted octanol–water partition coefficient (Wildman–Crippen LogP) is 7.51. The van der Waals surface area contributed by atoms with Gasteiger partial charge in [-0.15, -0.1) is 18.3 Å². The average Bonchev–Trinajstić information content (AvgIpc) is 2.64. The van der Waals surface area contributed by atoms with Crippen LogP contribution in [-0.4, -0.2) is 5.75 Å². The molecular weight excluding hydrogens is 346 g/mol. The average molecular weight is 375 g/mol. The Labute approximate surface area is 161 Å². The SMILES string of the molecule is C/C=C\CC.C=CCC(SCC)(c1ccc(F)cc1)c1ccc(F)cc1. The minimum absolute atomic E-state index is 0.258. The molecule has 0 saturated heterocycles. The summed E-state index contributed by atoms with van der Waals surface area (Å²) in [6.45, 7) is 10.1.